The number of carbonyl (C=O) groups excluding carboxylic acids is 1. The monoisotopic (exact) mass is 296 g/mol. The molecule has 0 saturated carbocycles. The maximum atomic E-state index is 11.8. The van der Waals surface area contributed by atoms with Gasteiger partial charge in [-0.05, 0) is 25.5 Å². The third-order valence-corrected chi connectivity index (χ3v) is 2.79. The predicted molar refractivity (Wildman–Crippen MR) is 75.9 cm³/mol. The van der Waals surface area contributed by atoms with Crippen molar-refractivity contribution in [2.45, 2.75) is 32.8 Å². The summed E-state index contributed by atoms with van der Waals surface area (Å²) < 4.78 is 15.6. The van der Waals surface area contributed by atoms with Crippen molar-refractivity contribution in [2.75, 3.05) is 13.7 Å². The molecular weight excluding hydrogens is 276 g/mol. The fourth-order valence-electron chi connectivity index (χ4n) is 1.78. The van der Waals surface area contributed by atoms with Crippen molar-refractivity contribution in [3.63, 3.8) is 0 Å². The normalized spacial score (nSPS) is 11.6. The first kappa shape index (κ1) is 16.8. The molecule has 0 heterocycles. The molecule has 116 valence electrons. The molecule has 1 aromatic rings. The minimum absolute atomic E-state index is 0.0267. The van der Waals surface area contributed by atoms with Crippen molar-refractivity contribution in [1.29, 1.82) is 0 Å². The lowest BCUT2D eigenvalue weighted by Gasteiger charge is -2.18. The summed E-state index contributed by atoms with van der Waals surface area (Å²) >= 11 is 0. The van der Waals surface area contributed by atoms with E-state index in [0.29, 0.717) is 18.6 Å². The third-order valence-electron chi connectivity index (χ3n) is 2.79. The Morgan fingerprint density at radius 2 is 2.00 bits per heavy atom. The minimum Gasteiger partial charge on any atom is -0.497 e. The van der Waals surface area contributed by atoms with E-state index in [0.717, 1.165) is 0 Å². The number of methoxy groups -OCH3 is 1. The number of hydrogen-bond acceptors (Lipinski definition) is 5. The molecule has 1 N–H and O–H groups in total. The number of carbonyl (C=O) groups is 2. The van der Waals surface area contributed by atoms with Crippen molar-refractivity contribution >= 4 is 11.9 Å². The van der Waals surface area contributed by atoms with E-state index in [9.17, 15) is 14.7 Å². The van der Waals surface area contributed by atoms with Crippen LogP contribution in [0.2, 0.25) is 0 Å². The van der Waals surface area contributed by atoms with Gasteiger partial charge in [-0.15, -0.1) is 0 Å². The van der Waals surface area contributed by atoms with Crippen LogP contribution in [0.4, 0.5) is 0 Å². The number of esters is 1. The molecule has 0 aliphatic carbocycles. The topological polar surface area (TPSA) is 82.1 Å². The number of rotatable bonds is 8. The highest BCUT2D eigenvalue weighted by Crippen LogP contribution is 2.26. The first-order valence-corrected chi connectivity index (χ1v) is 6.78. The average Bonchev–Trinajstić information content (AvgIpc) is 2.46. The van der Waals surface area contributed by atoms with E-state index in [1.807, 2.05) is 6.92 Å². The summed E-state index contributed by atoms with van der Waals surface area (Å²) in [7, 11) is 1.47. The molecule has 0 radical (unpaired) electrons. The zero-order valence-corrected chi connectivity index (χ0v) is 12.4. The largest absolute Gasteiger partial charge is 0.497 e. The van der Waals surface area contributed by atoms with Crippen LogP contribution in [0.5, 0.6) is 11.5 Å². The molecule has 1 unspecified atom stereocenters. The molecule has 0 fully saturated rings. The van der Waals surface area contributed by atoms with Crippen molar-refractivity contribution in [1.82, 2.24) is 0 Å². The minimum atomic E-state index is -1.13. The molecule has 0 saturated heterocycles. The van der Waals surface area contributed by atoms with Crippen LogP contribution in [0.25, 0.3) is 0 Å². The van der Waals surface area contributed by atoms with Gasteiger partial charge >= 0.3 is 11.9 Å². The van der Waals surface area contributed by atoms with Gasteiger partial charge < -0.3 is 19.3 Å². The number of aromatic carboxylic acids is 1. The van der Waals surface area contributed by atoms with Gasteiger partial charge in [0.25, 0.3) is 0 Å². The van der Waals surface area contributed by atoms with Gasteiger partial charge in [0.15, 0.2) is 6.10 Å². The van der Waals surface area contributed by atoms with E-state index in [1.165, 1.54) is 25.3 Å². The summed E-state index contributed by atoms with van der Waals surface area (Å²) in [6.45, 7) is 3.85. The summed E-state index contributed by atoms with van der Waals surface area (Å²) in [6.07, 6.45) is 0.311. The Morgan fingerprint density at radius 1 is 1.29 bits per heavy atom. The molecule has 0 aliphatic heterocycles. The lowest BCUT2D eigenvalue weighted by atomic mass is 10.1. The molecule has 6 nitrogen and oxygen atoms in total. The molecule has 1 rings (SSSR count). The molecule has 0 aliphatic rings. The first-order chi connectivity index (χ1) is 10.0. The Kier molecular flexibility index (Phi) is 6.52. The Labute approximate surface area is 123 Å². The van der Waals surface area contributed by atoms with E-state index >= 15 is 0 Å². The van der Waals surface area contributed by atoms with Crippen molar-refractivity contribution in [3.8, 4) is 11.5 Å². The Hall–Kier alpha value is -2.24. The molecule has 0 aromatic heterocycles. The maximum absolute atomic E-state index is 11.8. The van der Waals surface area contributed by atoms with Crippen LogP contribution in [-0.2, 0) is 9.53 Å². The smallest absolute Gasteiger partial charge is 0.347 e. The maximum Gasteiger partial charge on any atom is 0.347 e. The highest BCUT2D eigenvalue weighted by atomic mass is 16.6. The Bertz CT molecular complexity index is 497. The number of carboxylic acids is 1. The lowest BCUT2D eigenvalue weighted by Crippen LogP contribution is -2.30. The van der Waals surface area contributed by atoms with Gasteiger partial charge in [0, 0.05) is 6.07 Å². The summed E-state index contributed by atoms with van der Waals surface area (Å²) in [5.74, 6) is -1.09. The first-order valence-electron chi connectivity index (χ1n) is 6.78. The zero-order chi connectivity index (χ0) is 15.8. The molecule has 6 heteroatoms. The quantitative estimate of drug-likeness (QED) is 0.742. The number of carboxylic acid groups (broad SMARTS) is 1. The Morgan fingerprint density at radius 3 is 2.52 bits per heavy atom. The van der Waals surface area contributed by atoms with E-state index in [4.69, 9.17) is 14.2 Å². The molecule has 0 bridgehead atoms. The molecule has 0 spiro atoms. The highest BCUT2D eigenvalue weighted by molar-refractivity contribution is 5.91. The van der Waals surface area contributed by atoms with Gasteiger partial charge in [0.2, 0.25) is 0 Å². The summed E-state index contributed by atoms with van der Waals surface area (Å²) in [5.41, 5.74) is -0.0267. The molecule has 21 heavy (non-hydrogen) atoms. The van der Waals surface area contributed by atoms with Gasteiger partial charge in [0.1, 0.15) is 17.1 Å². The van der Waals surface area contributed by atoms with Crippen molar-refractivity contribution in [3.05, 3.63) is 23.8 Å². The molecule has 1 atom stereocenters. The van der Waals surface area contributed by atoms with E-state index in [-0.39, 0.29) is 17.9 Å². The number of hydrogen-bond donors (Lipinski definition) is 1. The fraction of sp³-hybridized carbons (Fsp3) is 0.467. The highest BCUT2D eigenvalue weighted by Gasteiger charge is 2.23. The van der Waals surface area contributed by atoms with Gasteiger partial charge in [0.05, 0.1) is 13.7 Å². The summed E-state index contributed by atoms with van der Waals surface area (Å²) in [4.78, 5) is 23.1. The zero-order valence-electron chi connectivity index (χ0n) is 12.4. The van der Waals surface area contributed by atoms with Gasteiger partial charge in [-0.25, -0.2) is 9.59 Å². The second-order valence-electron chi connectivity index (χ2n) is 4.31. The van der Waals surface area contributed by atoms with Crippen LogP contribution in [0.3, 0.4) is 0 Å². The van der Waals surface area contributed by atoms with E-state index in [1.54, 1.807) is 6.92 Å². The van der Waals surface area contributed by atoms with Crippen LogP contribution < -0.4 is 9.47 Å². The van der Waals surface area contributed by atoms with Crippen LogP contribution in [-0.4, -0.2) is 36.9 Å². The molecule has 0 amide bonds. The van der Waals surface area contributed by atoms with Crippen LogP contribution in [0.1, 0.15) is 37.0 Å². The summed E-state index contributed by atoms with van der Waals surface area (Å²) in [6, 6.07) is 4.35. The molecule has 1 aromatic carbocycles. The van der Waals surface area contributed by atoms with Crippen LogP contribution in [0.15, 0.2) is 18.2 Å². The van der Waals surface area contributed by atoms with Gasteiger partial charge in [-0.2, -0.15) is 0 Å². The van der Waals surface area contributed by atoms with Gasteiger partial charge in [-0.3, -0.25) is 0 Å². The van der Waals surface area contributed by atoms with Crippen molar-refractivity contribution < 1.29 is 28.9 Å². The second-order valence-corrected chi connectivity index (χ2v) is 4.31. The third kappa shape index (κ3) is 4.66. The SMILES string of the molecule is CCCC(Oc1cc(OC)ccc1C(=O)O)C(=O)OCC. The second kappa shape index (κ2) is 8.14. The van der Waals surface area contributed by atoms with E-state index in [2.05, 4.69) is 0 Å². The van der Waals surface area contributed by atoms with E-state index < -0.39 is 18.0 Å². The molecular formula is C15H20O6. The average molecular weight is 296 g/mol. The van der Waals surface area contributed by atoms with Crippen LogP contribution in [0, 0.1) is 0 Å². The fourth-order valence-corrected chi connectivity index (χ4v) is 1.78. The van der Waals surface area contributed by atoms with Crippen LogP contribution >= 0.6 is 0 Å². The number of benzene rings is 1. The standard InChI is InChI=1S/C15H20O6/c1-4-6-12(15(18)20-5-2)21-13-9-10(19-3)7-8-11(13)14(16)17/h7-9,12H,4-6H2,1-3H3,(H,16,17). The van der Waals surface area contributed by atoms with Crippen molar-refractivity contribution in [2.24, 2.45) is 0 Å². The predicted octanol–water partition coefficient (Wildman–Crippen LogP) is 2.50. The Balaban J connectivity index is 3.05. The number of ether oxygens (including phenoxy) is 3. The van der Waals surface area contributed by atoms with Gasteiger partial charge in [-0.1, -0.05) is 13.3 Å². The summed E-state index contributed by atoms with van der Waals surface area (Å²) in [5, 5.41) is 9.18. The lowest BCUT2D eigenvalue weighted by molar-refractivity contribution is -0.151.